The molecule has 13 heavy (non-hydrogen) atoms. The van der Waals surface area contributed by atoms with Crippen molar-refractivity contribution in [2.24, 2.45) is 0 Å². The molecule has 1 atom stereocenters. The fourth-order valence-corrected chi connectivity index (χ4v) is 0.990. The third-order valence-electron chi connectivity index (χ3n) is 1.62. The van der Waals surface area contributed by atoms with Crippen molar-refractivity contribution < 1.29 is 5.11 Å². The smallest absolute Gasteiger partial charge is 0.148 e. The summed E-state index contributed by atoms with van der Waals surface area (Å²) in [6.45, 7) is 3.69. The molecule has 1 aromatic rings. The van der Waals surface area contributed by atoms with Gasteiger partial charge in [0.15, 0.2) is 0 Å². The third-order valence-corrected chi connectivity index (χ3v) is 2.07. The topological polar surface area (TPSA) is 58.0 Å². The minimum Gasteiger partial charge on any atom is -0.394 e. The molecule has 0 aliphatic rings. The molecular weight excluding hydrogens is 190 g/mol. The van der Waals surface area contributed by atoms with Crippen molar-refractivity contribution in [3.8, 4) is 0 Å². The predicted molar refractivity (Wildman–Crippen MR) is 51.9 cm³/mol. The van der Waals surface area contributed by atoms with Crippen molar-refractivity contribution in [2.45, 2.75) is 19.9 Å². The molecule has 1 unspecified atom stereocenters. The third kappa shape index (κ3) is 2.54. The molecule has 1 aromatic heterocycles. The first-order chi connectivity index (χ1) is 6.15. The highest BCUT2D eigenvalue weighted by Gasteiger charge is 2.07. The molecule has 0 aliphatic carbocycles. The van der Waals surface area contributed by atoms with Gasteiger partial charge in [-0.25, -0.2) is 9.97 Å². The summed E-state index contributed by atoms with van der Waals surface area (Å²) in [7, 11) is 0. The maximum Gasteiger partial charge on any atom is 0.148 e. The Labute approximate surface area is 82.0 Å². The molecule has 0 aliphatic heterocycles. The van der Waals surface area contributed by atoms with Gasteiger partial charge in [0.05, 0.1) is 12.3 Å². The highest BCUT2D eigenvalue weighted by Crippen LogP contribution is 2.21. The summed E-state index contributed by atoms with van der Waals surface area (Å²) in [5, 5.41) is 12.3. The number of aliphatic hydroxyl groups excluding tert-OH is 1. The van der Waals surface area contributed by atoms with Gasteiger partial charge in [0.1, 0.15) is 17.2 Å². The van der Waals surface area contributed by atoms with E-state index in [9.17, 15) is 0 Å². The maximum atomic E-state index is 8.81. The van der Waals surface area contributed by atoms with Crippen LogP contribution in [0.1, 0.15) is 12.6 Å². The number of hydrogen-bond donors (Lipinski definition) is 2. The first-order valence-corrected chi connectivity index (χ1v) is 4.37. The SMILES string of the molecule is Cc1ncnc(NC(C)CO)c1Cl. The fraction of sp³-hybridized carbons (Fsp3) is 0.500. The van der Waals surface area contributed by atoms with Gasteiger partial charge in [-0.3, -0.25) is 0 Å². The maximum absolute atomic E-state index is 8.81. The lowest BCUT2D eigenvalue weighted by Gasteiger charge is -2.12. The minimum absolute atomic E-state index is 0.0411. The predicted octanol–water partition coefficient (Wildman–Crippen LogP) is 1.23. The van der Waals surface area contributed by atoms with E-state index in [4.69, 9.17) is 16.7 Å². The molecule has 0 spiro atoms. The largest absolute Gasteiger partial charge is 0.394 e. The molecule has 1 rings (SSSR count). The second-order valence-corrected chi connectivity index (χ2v) is 3.23. The van der Waals surface area contributed by atoms with Gasteiger partial charge in [0, 0.05) is 6.04 Å². The first-order valence-electron chi connectivity index (χ1n) is 3.99. The molecule has 0 saturated heterocycles. The van der Waals surface area contributed by atoms with Crippen LogP contribution in [0.15, 0.2) is 6.33 Å². The fourth-order valence-electron chi connectivity index (χ4n) is 0.838. The van der Waals surface area contributed by atoms with Crippen LogP contribution in [0.4, 0.5) is 5.82 Å². The Morgan fingerprint density at radius 2 is 2.31 bits per heavy atom. The van der Waals surface area contributed by atoms with Crippen LogP contribution >= 0.6 is 11.6 Å². The Bertz CT molecular complexity index is 293. The number of anilines is 1. The van der Waals surface area contributed by atoms with Crippen LogP contribution in [0, 0.1) is 6.92 Å². The van der Waals surface area contributed by atoms with Gasteiger partial charge in [-0.05, 0) is 13.8 Å². The van der Waals surface area contributed by atoms with Gasteiger partial charge in [0.25, 0.3) is 0 Å². The molecule has 5 heteroatoms. The number of nitrogens with zero attached hydrogens (tertiary/aromatic N) is 2. The summed E-state index contributed by atoms with van der Waals surface area (Å²) in [5.74, 6) is 0.565. The zero-order valence-corrected chi connectivity index (χ0v) is 8.34. The Hall–Kier alpha value is -0.870. The van der Waals surface area contributed by atoms with E-state index in [1.165, 1.54) is 6.33 Å². The van der Waals surface area contributed by atoms with Gasteiger partial charge in [-0.2, -0.15) is 0 Å². The Morgan fingerprint density at radius 1 is 1.62 bits per heavy atom. The lowest BCUT2D eigenvalue weighted by molar-refractivity contribution is 0.281. The summed E-state index contributed by atoms with van der Waals surface area (Å²) in [6, 6.07) is -0.0631. The van der Waals surface area contributed by atoms with E-state index >= 15 is 0 Å². The highest BCUT2D eigenvalue weighted by atomic mass is 35.5. The van der Waals surface area contributed by atoms with Crippen LogP contribution in [-0.2, 0) is 0 Å². The molecular formula is C8H12ClN3O. The van der Waals surface area contributed by atoms with Crippen LogP contribution in [0.25, 0.3) is 0 Å². The van der Waals surface area contributed by atoms with E-state index in [-0.39, 0.29) is 12.6 Å². The average molecular weight is 202 g/mol. The zero-order chi connectivity index (χ0) is 9.84. The highest BCUT2D eigenvalue weighted by molar-refractivity contribution is 6.33. The van der Waals surface area contributed by atoms with Crippen molar-refractivity contribution in [3.63, 3.8) is 0 Å². The summed E-state index contributed by atoms with van der Waals surface area (Å²) in [5.41, 5.74) is 0.726. The second kappa shape index (κ2) is 4.39. The van der Waals surface area contributed by atoms with Gasteiger partial charge < -0.3 is 10.4 Å². The number of nitrogens with one attached hydrogen (secondary N) is 1. The van der Waals surface area contributed by atoms with Gasteiger partial charge >= 0.3 is 0 Å². The van der Waals surface area contributed by atoms with E-state index in [0.717, 1.165) is 5.69 Å². The molecule has 1 heterocycles. The number of aliphatic hydroxyl groups is 1. The van der Waals surface area contributed by atoms with E-state index in [1.54, 1.807) is 6.92 Å². The van der Waals surface area contributed by atoms with E-state index in [1.807, 2.05) is 6.92 Å². The van der Waals surface area contributed by atoms with Crippen LogP contribution in [0.2, 0.25) is 5.02 Å². The number of aryl methyl sites for hydroxylation is 1. The first kappa shape index (κ1) is 10.2. The lowest BCUT2D eigenvalue weighted by atomic mass is 10.3. The summed E-state index contributed by atoms with van der Waals surface area (Å²) in [6.07, 6.45) is 1.44. The summed E-state index contributed by atoms with van der Waals surface area (Å²) >= 11 is 5.93. The molecule has 4 nitrogen and oxygen atoms in total. The number of hydrogen-bond acceptors (Lipinski definition) is 4. The molecule has 72 valence electrons. The molecule has 0 saturated carbocycles. The van der Waals surface area contributed by atoms with Crippen LogP contribution in [0.3, 0.4) is 0 Å². The Balaban J connectivity index is 2.83. The van der Waals surface area contributed by atoms with E-state index in [0.29, 0.717) is 10.8 Å². The average Bonchev–Trinajstić information content (AvgIpc) is 2.13. The Morgan fingerprint density at radius 3 is 2.92 bits per heavy atom. The minimum atomic E-state index is -0.0631. The number of aromatic nitrogens is 2. The second-order valence-electron chi connectivity index (χ2n) is 2.85. The van der Waals surface area contributed by atoms with Crippen molar-refractivity contribution in [2.75, 3.05) is 11.9 Å². The normalized spacial score (nSPS) is 12.6. The van der Waals surface area contributed by atoms with E-state index < -0.39 is 0 Å². The standard InChI is InChI=1S/C8H12ClN3O/c1-5(3-13)12-8-7(9)6(2)10-4-11-8/h4-5,13H,3H2,1-2H3,(H,10,11,12). The molecule has 0 amide bonds. The van der Waals surface area contributed by atoms with E-state index in [2.05, 4.69) is 15.3 Å². The Kier molecular flexibility index (Phi) is 3.45. The molecule has 0 aromatic carbocycles. The van der Waals surface area contributed by atoms with Gasteiger partial charge in [-0.15, -0.1) is 0 Å². The zero-order valence-electron chi connectivity index (χ0n) is 7.58. The summed E-state index contributed by atoms with van der Waals surface area (Å²) in [4.78, 5) is 7.89. The van der Waals surface area contributed by atoms with Gasteiger partial charge in [0.2, 0.25) is 0 Å². The molecule has 0 radical (unpaired) electrons. The van der Waals surface area contributed by atoms with Crippen LogP contribution < -0.4 is 5.32 Å². The van der Waals surface area contributed by atoms with Crippen LogP contribution in [0.5, 0.6) is 0 Å². The summed E-state index contributed by atoms with van der Waals surface area (Å²) < 4.78 is 0. The van der Waals surface area contributed by atoms with Crippen molar-refractivity contribution in [3.05, 3.63) is 17.0 Å². The molecule has 0 bridgehead atoms. The quantitative estimate of drug-likeness (QED) is 0.773. The number of halogens is 1. The van der Waals surface area contributed by atoms with Crippen LogP contribution in [-0.4, -0.2) is 27.7 Å². The lowest BCUT2D eigenvalue weighted by Crippen LogP contribution is -2.20. The van der Waals surface area contributed by atoms with Crippen molar-refractivity contribution in [1.82, 2.24) is 9.97 Å². The van der Waals surface area contributed by atoms with Crippen molar-refractivity contribution >= 4 is 17.4 Å². The van der Waals surface area contributed by atoms with Crippen molar-refractivity contribution in [1.29, 1.82) is 0 Å². The monoisotopic (exact) mass is 201 g/mol. The number of rotatable bonds is 3. The van der Waals surface area contributed by atoms with Gasteiger partial charge in [-0.1, -0.05) is 11.6 Å². The molecule has 2 N–H and O–H groups in total. The molecule has 0 fully saturated rings.